The normalized spacial score (nSPS) is 25.4. The molecule has 1 saturated heterocycles. The Morgan fingerprint density at radius 1 is 1.46 bits per heavy atom. The van der Waals surface area contributed by atoms with Gasteiger partial charge in [-0.2, -0.15) is 0 Å². The highest BCUT2D eigenvalue weighted by Crippen LogP contribution is 2.18. The molecular formula is C10H21NO2. The SMILES string of the molecule is CC(C)(O)CCN1CCC[C@@H]1CO. The first kappa shape index (κ1) is 11.0. The van der Waals surface area contributed by atoms with Crippen LogP contribution in [-0.2, 0) is 0 Å². The first-order valence-corrected chi connectivity index (χ1v) is 5.10. The van der Waals surface area contributed by atoms with E-state index >= 15 is 0 Å². The molecule has 0 aromatic rings. The average Bonchev–Trinajstić information content (AvgIpc) is 2.46. The highest BCUT2D eigenvalue weighted by molar-refractivity contribution is 4.80. The Hall–Kier alpha value is -0.120. The molecule has 1 atom stereocenters. The van der Waals surface area contributed by atoms with Crippen molar-refractivity contribution >= 4 is 0 Å². The molecule has 0 aliphatic carbocycles. The van der Waals surface area contributed by atoms with E-state index in [0.29, 0.717) is 6.04 Å². The summed E-state index contributed by atoms with van der Waals surface area (Å²) >= 11 is 0. The molecule has 2 N–H and O–H groups in total. The minimum Gasteiger partial charge on any atom is -0.395 e. The zero-order valence-corrected chi connectivity index (χ0v) is 8.66. The number of hydrogen-bond acceptors (Lipinski definition) is 3. The van der Waals surface area contributed by atoms with Crippen molar-refractivity contribution in [2.24, 2.45) is 0 Å². The molecule has 0 aromatic heterocycles. The predicted octanol–water partition coefficient (Wildman–Crippen LogP) is 0.604. The van der Waals surface area contributed by atoms with Gasteiger partial charge in [-0.05, 0) is 39.7 Å². The number of aliphatic hydroxyl groups excluding tert-OH is 1. The van der Waals surface area contributed by atoms with Crippen LogP contribution in [0.1, 0.15) is 33.1 Å². The van der Waals surface area contributed by atoms with Crippen molar-refractivity contribution in [3.05, 3.63) is 0 Å². The van der Waals surface area contributed by atoms with Gasteiger partial charge in [0.2, 0.25) is 0 Å². The van der Waals surface area contributed by atoms with Gasteiger partial charge in [0.25, 0.3) is 0 Å². The Morgan fingerprint density at radius 3 is 2.69 bits per heavy atom. The van der Waals surface area contributed by atoms with Crippen LogP contribution in [0.2, 0.25) is 0 Å². The number of aliphatic hydroxyl groups is 2. The van der Waals surface area contributed by atoms with Gasteiger partial charge in [0.05, 0.1) is 12.2 Å². The third-order valence-corrected chi connectivity index (χ3v) is 2.72. The molecule has 1 aliphatic rings. The lowest BCUT2D eigenvalue weighted by Gasteiger charge is -2.26. The number of nitrogens with zero attached hydrogens (tertiary/aromatic N) is 1. The standard InChI is InChI=1S/C10H21NO2/c1-10(2,13)5-7-11-6-3-4-9(11)8-12/h9,12-13H,3-8H2,1-2H3/t9-/m1/s1. The lowest BCUT2D eigenvalue weighted by Crippen LogP contribution is -2.36. The maximum atomic E-state index is 9.55. The van der Waals surface area contributed by atoms with Gasteiger partial charge in [-0.15, -0.1) is 0 Å². The molecule has 0 spiro atoms. The van der Waals surface area contributed by atoms with Crippen molar-refractivity contribution < 1.29 is 10.2 Å². The van der Waals surface area contributed by atoms with Crippen LogP contribution >= 0.6 is 0 Å². The van der Waals surface area contributed by atoms with Gasteiger partial charge in [0.1, 0.15) is 0 Å². The second-order valence-electron chi connectivity index (χ2n) is 4.58. The molecule has 13 heavy (non-hydrogen) atoms. The quantitative estimate of drug-likeness (QED) is 0.677. The average molecular weight is 187 g/mol. The maximum Gasteiger partial charge on any atom is 0.0603 e. The molecule has 0 bridgehead atoms. The molecular weight excluding hydrogens is 166 g/mol. The van der Waals surface area contributed by atoms with E-state index in [2.05, 4.69) is 4.90 Å². The molecule has 0 saturated carbocycles. The minimum absolute atomic E-state index is 0.256. The number of hydrogen-bond donors (Lipinski definition) is 2. The van der Waals surface area contributed by atoms with E-state index in [1.54, 1.807) is 0 Å². The summed E-state index contributed by atoms with van der Waals surface area (Å²) in [5.74, 6) is 0. The van der Waals surface area contributed by atoms with Crippen LogP contribution < -0.4 is 0 Å². The molecule has 0 radical (unpaired) electrons. The Kier molecular flexibility index (Phi) is 3.71. The highest BCUT2D eigenvalue weighted by atomic mass is 16.3. The van der Waals surface area contributed by atoms with Crippen molar-refractivity contribution in [2.45, 2.75) is 44.8 Å². The molecule has 1 heterocycles. The second-order valence-corrected chi connectivity index (χ2v) is 4.58. The second kappa shape index (κ2) is 4.40. The summed E-state index contributed by atoms with van der Waals surface area (Å²) < 4.78 is 0. The van der Waals surface area contributed by atoms with Gasteiger partial charge in [0.15, 0.2) is 0 Å². The van der Waals surface area contributed by atoms with Gasteiger partial charge < -0.3 is 10.2 Å². The summed E-state index contributed by atoms with van der Waals surface area (Å²) in [6.45, 7) is 5.88. The zero-order valence-electron chi connectivity index (χ0n) is 8.66. The van der Waals surface area contributed by atoms with Gasteiger partial charge in [-0.25, -0.2) is 0 Å². The summed E-state index contributed by atoms with van der Waals surface area (Å²) in [6, 6.07) is 0.336. The lowest BCUT2D eigenvalue weighted by molar-refractivity contribution is 0.0511. The van der Waals surface area contributed by atoms with Crippen LogP contribution in [0.5, 0.6) is 0 Å². The molecule has 0 aromatic carbocycles. The third-order valence-electron chi connectivity index (χ3n) is 2.72. The lowest BCUT2D eigenvalue weighted by atomic mass is 10.1. The Morgan fingerprint density at radius 2 is 2.15 bits per heavy atom. The van der Waals surface area contributed by atoms with Gasteiger partial charge in [0, 0.05) is 12.6 Å². The monoisotopic (exact) mass is 187 g/mol. The minimum atomic E-state index is -0.581. The Labute approximate surface area is 80.4 Å². The van der Waals surface area contributed by atoms with Crippen molar-refractivity contribution in [1.29, 1.82) is 0 Å². The van der Waals surface area contributed by atoms with E-state index in [4.69, 9.17) is 5.11 Å². The predicted molar refractivity (Wildman–Crippen MR) is 52.6 cm³/mol. The smallest absolute Gasteiger partial charge is 0.0603 e. The highest BCUT2D eigenvalue weighted by Gasteiger charge is 2.25. The fourth-order valence-corrected chi connectivity index (χ4v) is 1.81. The van der Waals surface area contributed by atoms with Crippen LogP contribution in [0.4, 0.5) is 0 Å². The zero-order chi connectivity index (χ0) is 9.90. The first-order chi connectivity index (χ1) is 6.03. The molecule has 0 amide bonds. The van der Waals surface area contributed by atoms with Crippen LogP contribution in [0, 0.1) is 0 Å². The third kappa shape index (κ3) is 3.63. The number of likely N-dealkylation sites (tertiary alicyclic amines) is 1. The number of rotatable bonds is 4. The summed E-state index contributed by atoms with van der Waals surface area (Å²) in [4.78, 5) is 2.28. The van der Waals surface area contributed by atoms with Crippen LogP contribution in [0.25, 0.3) is 0 Å². The van der Waals surface area contributed by atoms with Gasteiger partial charge in [-0.1, -0.05) is 0 Å². The molecule has 1 aliphatic heterocycles. The van der Waals surface area contributed by atoms with E-state index in [-0.39, 0.29) is 6.61 Å². The molecule has 0 unspecified atom stereocenters. The van der Waals surface area contributed by atoms with Crippen LogP contribution in [0.3, 0.4) is 0 Å². The van der Waals surface area contributed by atoms with Crippen LogP contribution in [-0.4, -0.2) is 46.5 Å². The van der Waals surface area contributed by atoms with Crippen LogP contribution in [0.15, 0.2) is 0 Å². The van der Waals surface area contributed by atoms with Crippen molar-refractivity contribution in [2.75, 3.05) is 19.7 Å². The Bertz CT molecular complexity index is 153. The van der Waals surface area contributed by atoms with E-state index < -0.39 is 5.60 Å². The van der Waals surface area contributed by atoms with E-state index in [9.17, 15) is 5.11 Å². The molecule has 1 rings (SSSR count). The topological polar surface area (TPSA) is 43.7 Å². The van der Waals surface area contributed by atoms with E-state index in [1.165, 1.54) is 6.42 Å². The summed E-state index contributed by atoms with van der Waals surface area (Å²) in [6.07, 6.45) is 3.06. The largest absolute Gasteiger partial charge is 0.395 e. The molecule has 78 valence electrons. The van der Waals surface area contributed by atoms with Gasteiger partial charge >= 0.3 is 0 Å². The fraction of sp³-hybridized carbons (Fsp3) is 1.00. The van der Waals surface area contributed by atoms with Crippen molar-refractivity contribution in [3.8, 4) is 0 Å². The first-order valence-electron chi connectivity index (χ1n) is 5.10. The molecule has 1 fully saturated rings. The maximum absolute atomic E-state index is 9.55. The molecule has 3 nitrogen and oxygen atoms in total. The summed E-state index contributed by atoms with van der Waals surface area (Å²) in [5, 5.41) is 18.6. The summed E-state index contributed by atoms with van der Waals surface area (Å²) in [5.41, 5.74) is -0.581. The summed E-state index contributed by atoms with van der Waals surface area (Å²) in [7, 11) is 0. The van der Waals surface area contributed by atoms with E-state index in [0.717, 1.165) is 25.9 Å². The van der Waals surface area contributed by atoms with Crippen molar-refractivity contribution in [1.82, 2.24) is 4.90 Å². The fourth-order valence-electron chi connectivity index (χ4n) is 1.81. The van der Waals surface area contributed by atoms with Gasteiger partial charge in [-0.3, -0.25) is 4.90 Å². The molecule has 3 heteroatoms. The Balaban J connectivity index is 2.28. The van der Waals surface area contributed by atoms with Crippen molar-refractivity contribution in [3.63, 3.8) is 0 Å². The van der Waals surface area contributed by atoms with E-state index in [1.807, 2.05) is 13.8 Å².